The maximum absolute atomic E-state index is 4.32. The van der Waals surface area contributed by atoms with Gasteiger partial charge >= 0.3 is 0 Å². The molecule has 0 unspecified atom stereocenters. The SMILES string of the molecule is c1csc(CCN2CCC[C@H]2Cn2cccn2)c1. The van der Waals surface area contributed by atoms with Gasteiger partial charge in [0.15, 0.2) is 0 Å². The fourth-order valence-electron chi connectivity index (χ4n) is 2.73. The number of rotatable bonds is 5. The van der Waals surface area contributed by atoms with E-state index in [9.17, 15) is 0 Å². The molecule has 1 atom stereocenters. The van der Waals surface area contributed by atoms with E-state index in [0.717, 1.165) is 6.54 Å². The van der Waals surface area contributed by atoms with Gasteiger partial charge in [-0.15, -0.1) is 11.3 Å². The normalized spacial score (nSPS) is 20.6. The number of hydrogen-bond acceptors (Lipinski definition) is 3. The zero-order valence-corrected chi connectivity index (χ0v) is 11.4. The summed E-state index contributed by atoms with van der Waals surface area (Å²) in [6.07, 6.45) is 7.76. The lowest BCUT2D eigenvalue weighted by Crippen LogP contribution is -2.34. The molecule has 0 N–H and O–H groups in total. The molecule has 0 saturated carbocycles. The highest BCUT2D eigenvalue weighted by Gasteiger charge is 2.24. The van der Waals surface area contributed by atoms with E-state index >= 15 is 0 Å². The summed E-state index contributed by atoms with van der Waals surface area (Å²) < 4.78 is 2.06. The predicted octanol–water partition coefficient (Wildman–Crippen LogP) is 2.65. The first-order chi connectivity index (χ1) is 8.92. The van der Waals surface area contributed by atoms with E-state index in [1.54, 1.807) is 0 Å². The van der Waals surface area contributed by atoms with Crippen LogP contribution in [0.5, 0.6) is 0 Å². The highest BCUT2D eigenvalue weighted by molar-refractivity contribution is 7.09. The molecule has 1 saturated heterocycles. The minimum atomic E-state index is 0.671. The van der Waals surface area contributed by atoms with Crippen LogP contribution in [0.3, 0.4) is 0 Å². The lowest BCUT2D eigenvalue weighted by molar-refractivity contribution is 0.230. The second-order valence-corrected chi connectivity index (χ2v) is 5.92. The van der Waals surface area contributed by atoms with Gasteiger partial charge in [-0.25, -0.2) is 0 Å². The maximum atomic E-state index is 4.32. The monoisotopic (exact) mass is 261 g/mol. The van der Waals surface area contributed by atoms with Crippen LogP contribution < -0.4 is 0 Å². The Morgan fingerprint density at radius 2 is 2.39 bits per heavy atom. The molecule has 1 aliphatic heterocycles. The van der Waals surface area contributed by atoms with Gasteiger partial charge < -0.3 is 0 Å². The van der Waals surface area contributed by atoms with Crippen molar-refractivity contribution in [3.05, 3.63) is 40.8 Å². The average molecular weight is 261 g/mol. The van der Waals surface area contributed by atoms with Gasteiger partial charge in [0.1, 0.15) is 0 Å². The molecule has 2 aromatic rings. The van der Waals surface area contributed by atoms with Crippen LogP contribution in [0.2, 0.25) is 0 Å². The van der Waals surface area contributed by atoms with Crippen molar-refractivity contribution in [2.75, 3.05) is 13.1 Å². The molecule has 1 fully saturated rings. The lowest BCUT2D eigenvalue weighted by atomic mass is 10.2. The Balaban J connectivity index is 1.54. The standard InChI is InChI=1S/C14H19N3S/c1-4-13(12-17-9-3-7-15-17)16(8-1)10-6-14-5-2-11-18-14/h2-3,5,7,9,11,13H,1,4,6,8,10,12H2/t13-/m0/s1. The van der Waals surface area contributed by atoms with Gasteiger partial charge in [-0.3, -0.25) is 9.58 Å². The fourth-order valence-corrected chi connectivity index (χ4v) is 3.43. The Morgan fingerprint density at radius 1 is 1.39 bits per heavy atom. The van der Waals surface area contributed by atoms with Crippen molar-refractivity contribution >= 4 is 11.3 Å². The third kappa shape index (κ3) is 2.82. The molecule has 2 aromatic heterocycles. The second-order valence-electron chi connectivity index (χ2n) is 4.89. The number of nitrogens with zero attached hydrogens (tertiary/aromatic N) is 3. The molecule has 1 aliphatic rings. The van der Waals surface area contributed by atoms with Gasteiger partial charge in [0.25, 0.3) is 0 Å². The summed E-state index contributed by atoms with van der Waals surface area (Å²) in [6, 6.07) is 7.06. The van der Waals surface area contributed by atoms with E-state index in [4.69, 9.17) is 0 Å². The molecule has 18 heavy (non-hydrogen) atoms. The van der Waals surface area contributed by atoms with E-state index in [-0.39, 0.29) is 0 Å². The molecule has 0 radical (unpaired) electrons. The first-order valence-corrected chi connectivity index (χ1v) is 7.53. The van der Waals surface area contributed by atoms with Gasteiger partial charge in [0, 0.05) is 29.9 Å². The maximum Gasteiger partial charge on any atom is 0.0564 e. The summed E-state index contributed by atoms with van der Waals surface area (Å²) in [5, 5.41) is 6.48. The van der Waals surface area contributed by atoms with Crippen molar-refractivity contribution in [2.45, 2.75) is 31.8 Å². The number of hydrogen-bond donors (Lipinski definition) is 0. The van der Waals surface area contributed by atoms with Crippen molar-refractivity contribution in [1.82, 2.24) is 14.7 Å². The third-order valence-electron chi connectivity index (χ3n) is 3.68. The molecule has 3 rings (SSSR count). The number of thiophene rings is 1. The van der Waals surface area contributed by atoms with E-state index < -0.39 is 0 Å². The first kappa shape index (κ1) is 11.9. The van der Waals surface area contributed by atoms with Gasteiger partial charge in [0.2, 0.25) is 0 Å². The van der Waals surface area contributed by atoms with Crippen LogP contribution in [0.1, 0.15) is 17.7 Å². The fraction of sp³-hybridized carbons (Fsp3) is 0.500. The Kier molecular flexibility index (Phi) is 3.76. The second kappa shape index (κ2) is 5.67. The van der Waals surface area contributed by atoms with Crippen molar-refractivity contribution in [2.24, 2.45) is 0 Å². The third-order valence-corrected chi connectivity index (χ3v) is 4.62. The molecular formula is C14H19N3S. The zero-order valence-electron chi connectivity index (χ0n) is 10.5. The lowest BCUT2D eigenvalue weighted by Gasteiger charge is -2.24. The Morgan fingerprint density at radius 3 is 3.17 bits per heavy atom. The summed E-state index contributed by atoms with van der Waals surface area (Å²) in [4.78, 5) is 4.13. The molecule has 0 aromatic carbocycles. The smallest absolute Gasteiger partial charge is 0.0564 e. The van der Waals surface area contributed by atoms with Gasteiger partial charge in [-0.2, -0.15) is 5.10 Å². The minimum Gasteiger partial charge on any atom is -0.298 e. The molecule has 3 heterocycles. The van der Waals surface area contributed by atoms with E-state index in [1.165, 1.54) is 37.2 Å². The minimum absolute atomic E-state index is 0.671. The zero-order chi connectivity index (χ0) is 12.2. The quantitative estimate of drug-likeness (QED) is 0.825. The summed E-state index contributed by atoms with van der Waals surface area (Å²) >= 11 is 1.87. The number of likely N-dealkylation sites (tertiary alicyclic amines) is 1. The van der Waals surface area contributed by atoms with Crippen LogP contribution in [0.25, 0.3) is 0 Å². The van der Waals surface area contributed by atoms with Crippen molar-refractivity contribution in [1.29, 1.82) is 0 Å². The van der Waals surface area contributed by atoms with Gasteiger partial charge in [-0.1, -0.05) is 6.07 Å². The van der Waals surface area contributed by atoms with E-state index in [2.05, 4.69) is 38.4 Å². The molecule has 3 nitrogen and oxygen atoms in total. The highest BCUT2D eigenvalue weighted by Crippen LogP contribution is 2.20. The van der Waals surface area contributed by atoms with E-state index in [0.29, 0.717) is 6.04 Å². The van der Waals surface area contributed by atoms with E-state index in [1.807, 2.05) is 23.6 Å². The summed E-state index contributed by atoms with van der Waals surface area (Å²) in [6.45, 7) is 3.47. The van der Waals surface area contributed by atoms with Crippen LogP contribution in [0, 0.1) is 0 Å². The largest absolute Gasteiger partial charge is 0.298 e. The topological polar surface area (TPSA) is 21.1 Å². The van der Waals surface area contributed by atoms with Crippen LogP contribution in [0.15, 0.2) is 36.0 Å². The summed E-state index contributed by atoms with van der Waals surface area (Å²) in [5.74, 6) is 0. The van der Waals surface area contributed by atoms with Crippen LogP contribution in [-0.2, 0) is 13.0 Å². The first-order valence-electron chi connectivity index (χ1n) is 6.66. The van der Waals surface area contributed by atoms with Crippen LogP contribution in [0.4, 0.5) is 0 Å². The summed E-state index contributed by atoms with van der Waals surface area (Å²) in [5.41, 5.74) is 0. The van der Waals surface area contributed by atoms with Crippen molar-refractivity contribution < 1.29 is 0 Å². The Bertz CT molecular complexity index is 449. The van der Waals surface area contributed by atoms with Gasteiger partial charge in [-0.05, 0) is 43.3 Å². The van der Waals surface area contributed by atoms with Crippen LogP contribution >= 0.6 is 11.3 Å². The van der Waals surface area contributed by atoms with Gasteiger partial charge in [0.05, 0.1) is 6.54 Å². The highest BCUT2D eigenvalue weighted by atomic mass is 32.1. The van der Waals surface area contributed by atoms with Crippen LogP contribution in [-0.4, -0.2) is 33.8 Å². The molecule has 0 bridgehead atoms. The predicted molar refractivity (Wildman–Crippen MR) is 74.8 cm³/mol. The average Bonchev–Trinajstić information content (AvgIpc) is 3.10. The molecule has 96 valence electrons. The Labute approximate surface area is 112 Å². The summed E-state index contributed by atoms with van der Waals surface area (Å²) in [7, 11) is 0. The Hall–Kier alpha value is -1.13. The van der Waals surface area contributed by atoms with Crippen molar-refractivity contribution in [3.8, 4) is 0 Å². The number of aromatic nitrogens is 2. The molecule has 4 heteroatoms. The van der Waals surface area contributed by atoms with Crippen molar-refractivity contribution in [3.63, 3.8) is 0 Å². The molecule has 0 spiro atoms. The molecule has 0 aliphatic carbocycles. The molecule has 0 amide bonds. The molecular weight excluding hydrogens is 242 g/mol.